The largest absolute Gasteiger partial charge is 0.369 e. The molecule has 2 N–H and O–H groups in total. The van der Waals surface area contributed by atoms with Crippen molar-refractivity contribution in [2.45, 2.75) is 38.4 Å². The van der Waals surface area contributed by atoms with Crippen LogP contribution in [0.2, 0.25) is 0 Å². The molecular formula is C15H21NO3. The summed E-state index contributed by atoms with van der Waals surface area (Å²) in [6.07, 6.45) is 0. The van der Waals surface area contributed by atoms with Gasteiger partial charge in [0.15, 0.2) is 5.79 Å². The molecule has 1 fully saturated rings. The van der Waals surface area contributed by atoms with E-state index in [4.69, 9.17) is 15.2 Å². The van der Waals surface area contributed by atoms with Gasteiger partial charge in [0, 0.05) is 0 Å². The van der Waals surface area contributed by atoms with E-state index in [2.05, 4.69) is 13.8 Å². The molecule has 0 aliphatic carbocycles. The van der Waals surface area contributed by atoms with Gasteiger partial charge in [-0.1, -0.05) is 38.1 Å². The predicted molar refractivity (Wildman–Crippen MR) is 72.8 cm³/mol. The third kappa shape index (κ3) is 2.80. The summed E-state index contributed by atoms with van der Waals surface area (Å²) < 4.78 is 11.1. The summed E-state index contributed by atoms with van der Waals surface area (Å²) in [6, 6.07) is 7.91. The Kier molecular flexibility index (Phi) is 3.92. The molecule has 0 aromatic heterocycles. The average Bonchev–Trinajstić information content (AvgIpc) is 2.77. The van der Waals surface area contributed by atoms with Gasteiger partial charge < -0.3 is 15.2 Å². The molecule has 1 unspecified atom stereocenters. The fourth-order valence-electron chi connectivity index (χ4n) is 2.50. The van der Waals surface area contributed by atoms with Crippen LogP contribution in [0.3, 0.4) is 0 Å². The molecular weight excluding hydrogens is 242 g/mol. The van der Waals surface area contributed by atoms with Gasteiger partial charge in [-0.25, -0.2) is 0 Å². The van der Waals surface area contributed by atoms with Crippen molar-refractivity contribution in [3.63, 3.8) is 0 Å². The number of carbonyl (C=O) groups is 1. The van der Waals surface area contributed by atoms with Crippen molar-refractivity contribution < 1.29 is 14.3 Å². The quantitative estimate of drug-likeness (QED) is 0.905. The Bertz CT molecular complexity index is 447. The lowest BCUT2D eigenvalue weighted by molar-refractivity contribution is -0.168. The molecule has 0 saturated carbocycles. The zero-order valence-electron chi connectivity index (χ0n) is 11.7. The van der Waals surface area contributed by atoms with E-state index >= 15 is 0 Å². The second-order valence-electron chi connectivity index (χ2n) is 5.37. The highest BCUT2D eigenvalue weighted by Crippen LogP contribution is 2.35. The maximum atomic E-state index is 11.8. The minimum Gasteiger partial charge on any atom is -0.369 e. The fourth-order valence-corrected chi connectivity index (χ4v) is 2.50. The maximum Gasteiger partial charge on any atom is 0.230 e. The smallest absolute Gasteiger partial charge is 0.230 e. The molecule has 1 aromatic carbocycles. The second kappa shape index (κ2) is 5.31. The first-order valence-corrected chi connectivity index (χ1v) is 6.61. The topological polar surface area (TPSA) is 61.6 Å². The van der Waals surface area contributed by atoms with E-state index in [-0.39, 0.29) is 0 Å². The molecule has 1 aromatic rings. The standard InChI is InChI=1S/C15H21NO3/c1-10(2)11-4-6-12(7-5-11)13(14(16)17)15(3)18-8-9-19-15/h4-7,10,13H,8-9H2,1-3H3,(H2,16,17). The van der Waals surface area contributed by atoms with Gasteiger partial charge in [-0.05, 0) is 24.0 Å². The molecule has 4 heteroatoms. The number of ether oxygens (including phenoxy) is 2. The van der Waals surface area contributed by atoms with E-state index in [0.717, 1.165) is 5.56 Å². The summed E-state index contributed by atoms with van der Waals surface area (Å²) in [4.78, 5) is 11.8. The van der Waals surface area contributed by atoms with Crippen molar-refractivity contribution in [2.75, 3.05) is 13.2 Å². The maximum absolute atomic E-state index is 11.8. The van der Waals surface area contributed by atoms with Gasteiger partial charge in [0.2, 0.25) is 5.91 Å². The van der Waals surface area contributed by atoms with Gasteiger partial charge in [0.1, 0.15) is 5.92 Å². The third-order valence-electron chi connectivity index (χ3n) is 3.61. The van der Waals surface area contributed by atoms with Crippen LogP contribution in [0.1, 0.15) is 43.7 Å². The van der Waals surface area contributed by atoms with Crippen LogP contribution in [0.15, 0.2) is 24.3 Å². The van der Waals surface area contributed by atoms with E-state index in [9.17, 15) is 4.79 Å². The van der Waals surface area contributed by atoms with Crippen molar-refractivity contribution >= 4 is 5.91 Å². The minimum absolute atomic E-state index is 0.429. The van der Waals surface area contributed by atoms with Crippen LogP contribution in [-0.2, 0) is 14.3 Å². The summed E-state index contributed by atoms with van der Waals surface area (Å²) in [6.45, 7) is 7.01. The predicted octanol–water partition coefficient (Wildman–Crippen LogP) is 2.14. The molecule has 2 rings (SSSR count). The Morgan fingerprint density at radius 2 is 1.63 bits per heavy atom. The fraction of sp³-hybridized carbons (Fsp3) is 0.533. The molecule has 1 heterocycles. The number of hydrogen-bond acceptors (Lipinski definition) is 3. The Morgan fingerprint density at radius 3 is 2.05 bits per heavy atom. The monoisotopic (exact) mass is 263 g/mol. The molecule has 4 nitrogen and oxygen atoms in total. The van der Waals surface area contributed by atoms with Crippen molar-refractivity contribution in [1.82, 2.24) is 0 Å². The van der Waals surface area contributed by atoms with E-state index < -0.39 is 17.6 Å². The number of hydrogen-bond donors (Lipinski definition) is 1. The molecule has 1 aliphatic rings. The zero-order chi connectivity index (χ0) is 14.0. The number of benzene rings is 1. The normalized spacial score (nSPS) is 19.6. The second-order valence-corrected chi connectivity index (χ2v) is 5.37. The van der Waals surface area contributed by atoms with Gasteiger partial charge in [-0.15, -0.1) is 0 Å². The Morgan fingerprint density at radius 1 is 1.16 bits per heavy atom. The number of primary amides is 1. The highest BCUT2D eigenvalue weighted by Gasteiger charge is 2.44. The molecule has 0 radical (unpaired) electrons. The van der Waals surface area contributed by atoms with Crippen LogP contribution in [-0.4, -0.2) is 24.9 Å². The molecule has 1 atom stereocenters. The van der Waals surface area contributed by atoms with Crippen LogP contribution in [0, 0.1) is 0 Å². The summed E-state index contributed by atoms with van der Waals surface area (Å²) >= 11 is 0. The first-order chi connectivity index (χ1) is 8.94. The van der Waals surface area contributed by atoms with Crippen LogP contribution < -0.4 is 5.73 Å². The molecule has 104 valence electrons. The molecule has 0 bridgehead atoms. The first-order valence-electron chi connectivity index (χ1n) is 6.61. The molecule has 1 aliphatic heterocycles. The van der Waals surface area contributed by atoms with Gasteiger partial charge in [-0.3, -0.25) is 4.79 Å². The number of rotatable bonds is 4. The first kappa shape index (κ1) is 14.0. The Balaban J connectivity index is 2.31. The van der Waals surface area contributed by atoms with Crippen LogP contribution >= 0.6 is 0 Å². The van der Waals surface area contributed by atoms with E-state index in [1.165, 1.54) is 5.56 Å². The number of amides is 1. The molecule has 0 spiro atoms. The van der Waals surface area contributed by atoms with Crippen LogP contribution in [0.25, 0.3) is 0 Å². The third-order valence-corrected chi connectivity index (χ3v) is 3.61. The Hall–Kier alpha value is -1.39. The number of carbonyl (C=O) groups excluding carboxylic acids is 1. The van der Waals surface area contributed by atoms with Crippen molar-refractivity contribution in [3.05, 3.63) is 35.4 Å². The summed E-state index contributed by atoms with van der Waals surface area (Å²) in [5.41, 5.74) is 7.59. The lowest BCUT2D eigenvalue weighted by Gasteiger charge is -2.30. The minimum atomic E-state index is -0.953. The van der Waals surface area contributed by atoms with Crippen LogP contribution in [0.5, 0.6) is 0 Å². The number of nitrogens with two attached hydrogens (primary N) is 1. The van der Waals surface area contributed by atoms with Crippen molar-refractivity contribution in [2.24, 2.45) is 5.73 Å². The molecule has 1 saturated heterocycles. The SMILES string of the molecule is CC(C)c1ccc(C(C(N)=O)C2(C)OCCO2)cc1. The van der Waals surface area contributed by atoms with Crippen molar-refractivity contribution in [3.8, 4) is 0 Å². The summed E-state index contributed by atoms with van der Waals surface area (Å²) in [7, 11) is 0. The van der Waals surface area contributed by atoms with E-state index in [0.29, 0.717) is 19.1 Å². The summed E-state index contributed by atoms with van der Waals surface area (Å²) in [5.74, 6) is -1.51. The Labute approximate surface area is 113 Å². The van der Waals surface area contributed by atoms with E-state index in [1.54, 1.807) is 6.92 Å². The molecule has 1 amide bonds. The van der Waals surface area contributed by atoms with Gasteiger partial charge in [0.25, 0.3) is 0 Å². The molecule has 19 heavy (non-hydrogen) atoms. The van der Waals surface area contributed by atoms with Gasteiger partial charge in [0.05, 0.1) is 13.2 Å². The van der Waals surface area contributed by atoms with E-state index in [1.807, 2.05) is 24.3 Å². The van der Waals surface area contributed by atoms with Crippen LogP contribution in [0.4, 0.5) is 0 Å². The van der Waals surface area contributed by atoms with Crippen molar-refractivity contribution in [1.29, 1.82) is 0 Å². The highest BCUT2D eigenvalue weighted by molar-refractivity contribution is 5.83. The van der Waals surface area contributed by atoms with Gasteiger partial charge in [-0.2, -0.15) is 0 Å². The average molecular weight is 263 g/mol. The zero-order valence-corrected chi connectivity index (χ0v) is 11.7. The highest BCUT2D eigenvalue weighted by atomic mass is 16.7. The van der Waals surface area contributed by atoms with Gasteiger partial charge >= 0.3 is 0 Å². The lowest BCUT2D eigenvalue weighted by Crippen LogP contribution is -2.42. The summed E-state index contributed by atoms with van der Waals surface area (Å²) in [5, 5.41) is 0. The lowest BCUT2D eigenvalue weighted by atomic mass is 9.89.